The third-order valence-electron chi connectivity index (χ3n) is 3.54. The van der Waals surface area contributed by atoms with E-state index in [0.717, 1.165) is 25.2 Å². The highest BCUT2D eigenvalue weighted by atomic mass is 35.5. The summed E-state index contributed by atoms with van der Waals surface area (Å²) in [6, 6.07) is 5.76. The average Bonchev–Trinajstić information content (AvgIpc) is 2.39. The number of hydrogen-bond donors (Lipinski definition) is 1. The Balaban J connectivity index is 0.00000180. The van der Waals surface area contributed by atoms with Gasteiger partial charge in [0.2, 0.25) is 0 Å². The van der Waals surface area contributed by atoms with Crippen LogP contribution in [0.25, 0.3) is 0 Å². The van der Waals surface area contributed by atoms with E-state index in [9.17, 15) is 4.39 Å². The molecule has 1 aliphatic heterocycles. The number of nitrogens with one attached hydrogen (secondary N) is 1. The molecule has 108 valence electrons. The summed E-state index contributed by atoms with van der Waals surface area (Å²) in [6.45, 7) is 2.93. The number of halogens is 2. The smallest absolute Gasteiger partial charge is 0.165 e. The van der Waals surface area contributed by atoms with Crippen LogP contribution in [-0.4, -0.2) is 38.2 Å². The maximum atomic E-state index is 13.6. The summed E-state index contributed by atoms with van der Waals surface area (Å²) in [5.74, 6) is 0.0303. The van der Waals surface area contributed by atoms with E-state index >= 15 is 0 Å². The summed E-state index contributed by atoms with van der Waals surface area (Å²) in [5, 5.41) is 3.31. The summed E-state index contributed by atoms with van der Waals surface area (Å²) >= 11 is 0. The van der Waals surface area contributed by atoms with Gasteiger partial charge >= 0.3 is 0 Å². The Kier molecular flexibility index (Phi) is 6.55. The van der Waals surface area contributed by atoms with Crippen molar-refractivity contribution in [3.63, 3.8) is 0 Å². The van der Waals surface area contributed by atoms with Crippen LogP contribution in [-0.2, 0) is 6.54 Å². The lowest BCUT2D eigenvalue weighted by molar-refractivity contribution is 0.187. The number of ether oxygens (including phenoxy) is 1. The van der Waals surface area contributed by atoms with Crippen molar-refractivity contribution in [1.82, 2.24) is 10.2 Å². The number of rotatable bonds is 4. The molecule has 1 aliphatic rings. The summed E-state index contributed by atoms with van der Waals surface area (Å²) in [4.78, 5) is 2.37. The number of likely N-dealkylation sites (N-methyl/N-ethyl adjacent to an activating group) is 1. The molecule has 2 rings (SSSR count). The van der Waals surface area contributed by atoms with Crippen LogP contribution in [0.2, 0.25) is 0 Å². The number of benzene rings is 1. The van der Waals surface area contributed by atoms with Gasteiger partial charge in [0.05, 0.1) is 7.11 Å². The van der Waals surface area contributed by atoms with Crippen molar-refractivity contribution in [1.29, 1.82) is 0 Å². The van der Waals surface area contributed by atoms with Crippen LogP contribution in [0.15, 0.2) is 18.2 Å². The zero-order chi connectivity index (χ0) is 13.0. The van der Waals surface area contributed by atoms with Gasteiger partial charge in [0.1, 0.15) is 0 Å². The van der Waals surface area contributed by atoms with Crippen molar-refractivity contribution in [2.24, 2.45) is 0 Å². The monoisotopic (exact) mass is 288 g/mol. The lowest BCUT2D eigenvalue weighted by atomic mass is 10.0. The summed E-state index contributed by atoms with van der Waals surface area (Å²) in [7, 11) is 3.49. The van der Waals surface area contributed by atoms with Crippen molar-refractivity contribution >= 4 is 12.4 Å². The van der Waals surface area contributed by atoms with Gasteiger partial charge in [-0.25, -0.2) is 4.39 Å². The van der Waals surface area contributed by atoms with Gasteiger partial charge in [-0.1, -0.05) is 6.07 Å². The second-order valence-corrected chi connectivity index (χ2v) is 4.83. The molecular weight excluding hydrogens is 267 g/mol. The van der Waals surface area contributed by atoms with Gasteiger partial charge in [-0.3, -0.25) is 4.90 Å². The van der Waals surface area contributed by atoms with Crippen LogP contribution in [0, 0.1) is 5.82 Å². The molecule has 0 spiro atoms. The van der Waals surface area contributed by atoms with E-state index in [1.165, 1.54) is 20.0 Å². The molecular formula is C14H22ClFN2O. The minimum Gasteiger partial charge on any atom is -0.494 e. The first-order valence-corrected chi connectivity index (χ1v) is 6.45. The van der Waals surface area contributed by atoms with Gasteiger partial charge in [0.25, 0.3) is 0 Å². The molecule has 1 aromatic rings. The molecule has 0 radical (unpaired) electrons. The molecule has 1 heterocycles. The number of methoxy groups -OCH3 is 1. The molecule has 3 nitrogen and oxygen atoms in total. The number of piperidine rings is 1. The quantitative estimate of drug-likeness (QED) is 0.921. The zero-order valence-corrected chi connectivity index (χ0v) is 12.3. The van der Waals surface area contributed by atoms with E-state index in [2.05, 4.69) is 10.2 Å². The molecule has 1 saturated heterocycles. The fourth-order valence-corrected chi connectivity index (χ4v) is 2.50. The van der Waals surface area contributed by atoms with Gasteiger partial charge < -0.3 is 10.1 Å². The normalized spacial score (nSPS) is 19.8. The van der Waals surface area contributed by atoms with E-state index in [0.29, 0.717) is 11.8 Å². The molecule has 1 N–H and O–H groups in total. The van der Waals surface area contributed by atoms with Crippen LogP contribution < -0.4 is 10.1 Å². The van der Waals surface area contributed by atoms with Crippen molar-refractivity contribution in [2.45, 2.75) is 25.4 Å². The minimum absolute atomic E-state index is 0. The zero-order valence-electron chi connectivity index (χ0n) is 11.5. The van der Waals surface area contributed by atoms with E-state index < -0.39 is 0 Å². The third kappa shape index (κ3) is 4.34. The lowest BCUT2D eigenvalue weighted by Crippen LogP contribution is -2.43. The number of nitrogens with zero attached hydrogens (tertiary/aromatic N) is 1. The van der Waals surface area contributed by atoms with Crippen molar-refractivity contribution < 1.29 is 9.13 Å². The highest BCUT2D eigenvalue weighted by Crippen LogP contribution is 2.20. The van der Waals surface area contributed by atoms with Crippen LogP contribution >= 0.6 is 12.4 Å². The fraction of sp³-hybridized carbons (Fsp3) is 0.571. The molecule has 0 aromatic heterocycles. The molecule has 5 heteroatoms. The number of likely N-dealkylation sites (tertiary alicyclic amines) is 1. The van der Waals surface area contributed by atoms with E-state index in [1.54, 1.807) is 12.1 Å². The van der Waals surface area contributed by atoms with E-state index in [-0.39, 0.29) is 18.2 Å². The standard InChI is InChI=1S/C14H21FN2O.ClH/c1-16-12-4-3-7-17(10-12)9-11-5-6-14(18-2)13(15)8-11;/h5-6,8,12,16H,3-4,7,9-10H2,1-2H3;1H. The van der Waals surface area contributed by atoms with Gasteiger partial charge in [-0.15, -0.1) is 12.4 Å². The van der Waals surface area contributed by atoms with Gasteiger partial charge in [0, 0.05) is 19.1 Å². The molecule has 0 bridgehead atoms. The van der Waals surface area contributed by atoms with Gasteiger partial charge in [-0.05, 0) is 44.1 Å². The SMILES string of the molecule is CNC1CCCN(Cc2ccc(OC)c(F)c2)C1.Cl. The maximum Gasteiger partial charge on any atom is 0.165 e. The Morgan fingerprint density at radius 1 is 1.47 bits per heavy atom. The molecule has 0 aliphatic carbocycles. The van der Waals surface area contributed by atoms with Crippen LogP contribution in [0.3, 0.4) is 0 Å². The molecule has 0 saturated carbocycles. The predicted molar refractivity (Wildman–Crippen MR) is 77.6 cm³/mol. The number of hydrogen-bond acceptors (Lipinski definition) is 3. The van der Waals surface area contributed by atoms with Crippen LogP contribution in [0.1, 0.15) is 18.4 Å². The molecule has 1 fully saturated rings. The van der Waals surface area contributed by atoms with Crippen molar-refractivity contribution in [3.05, 3.63) is 29.6 Å². The molecule has 0 amide bonds. The Labute approximate surface area is 120 Å². The lowest BCUT2D eigenvalue weighted by Gasteiger charge is -2.32. The molecule has 1 unspecified atom stereocenters. The Hall–Kier alpha value is -0.840. The summed E-state index contributed by atoms with van der Waals surface area (Å²) < 4.78 is 18.5. The van der Waals surface area contributed by atoms with E-state index in [4.69, 9.17) is 4.74 Å². The van der Waals surface area contributed by atoms with Crippen LogP contribution in [0.5, 0.6) is 5.75 Å². The molecule has 19 heavy (non-hydrogen) atoms. The first-order chi connectivity index (χ1) is 8.72. The summed E-state index contributed by atoms with van der Waals surface area (Å²) in [6.07, 6.45) is 2.42. The fourth-order valence-electron chi connectivity index (χ4n) is 2.50. The molecule has 1 aromatic carbocycles. The second-order valence-electron chi connectivity index (χ2n) is 4.83. The first-order valence-electron chi connectivity index (χ1n) is 6.45. The largest absolute Gasteiger partial charge is 0.494 e. The Morgan fingerprint density at radius 3 is 2.89 bits per heavy atom. The summed E-state index contributed by atoms with van der Waals surface area (Å²) in [5.41, 5.74) is 1.00. The van der Waals surface area contributed by atoms with Crippen molar-refractivity contribution in [3.8, 4) is 5.75 Å². The Morgan fingerprint density at radius 2 is 2.26 bits per heavy atom. The maximum absolute atomic E-state index is 13.6. The topological polar surface area (TPSA) is 24.5 Å². The highest BCUT2D eigenvalue weighted by Gasteiger charge is 2.18. The second kappa shape index (κ2) is 7.68. The van der Waals surface area contributed by atoms with Gasteiger partial charge in [0.15, 0.2) is 11.6 Å². The average molecular weight is 289 g/mol. The van der Waals surface area contributed by atoms with Gasteiger partial charge in [-0.2, -0.15) is 0 Å². The third-order valence-corrected chi connectivity index (χ3v) is 3.54. The first kappa shape index (κ1) is 16.2. The highest BCUT2D eigenvalue weighted by molar-refractivity contribution is 5.85. The Bertz CT molecular complexity index is 403. The molecule has 1 atom stereocenters. The van der Waals surface area contributed by atoms with E-state index in [1.807, 2.05) is 13.1 Å². The minimum atomic E-state index is -0.280. The predicted octanol–water partition coefficient (Wildman–Crippen LogP) is 2.44. The van der Waals surface area contributed by atoms with Crippen LogP contribution in [0.4, 0.5) is 4.39 Å². The van der Waals surface area contributed by atoms with Crippen molar-refractivity contribution in [2.75, 3.05) is 27.2 Å².